The largest absolute Gasteiger partial charge is 0.0918 e. The quantitative estimate of drug-likeness (QED) is 0.485. The summed E-state index contributed by atoms with van der Waals surface area (Å²) < 4.78 is 0. The molecule has 0 N–H and O–H groups in total. The maximum atomic E-state index is 6.40. The third kappa shape index (κ3) is 3.59. The lowest BCUT2D eigenvalue weighted by Crippen LogP contribution is -2.33. The fraction of sp³-hybridized carbons (Fsp3) is 0.250. The van der Waals surface area contributed by atoms with Crippen molar-refractivity contribution < 1.29 is 0 Å². The number of hydrogen-bond donors (Lipinski definition) is 0. The Bertz CT molecular complexity index is 580. The first-order valence-electron chi connectivity index (χ1n) is 6.23. The predicted molar refractivity (Wildman–Crippen MR) is 95.9 cm³/mol. The Hall–Kier alpha value is -0.0200. The normalized spacial score (nSPS) is 11.6. The van der Waals surface area contributed by atoms with Crippen LogP contribution >= 0.6 is 55.1 Å². The molecule has 0 saturated carbocycles. The average molecular weight is 437 g/mol. The summed E-state index contributed by atoms with van der Waals surface area (Å²) in [5, 5.41) is 3.20. The van der Waals surface area contributed by atoms with Gasteiger partial charge in [0.1, 0.15) is 0 Å². The minimum absolute atomic E-state index is 0.0942. The van der Waals surface area contributed by atoms with E-state index in [1.807, 2.05) is 36.4 Å². The van der Waals surface area contributed by atoms with E-state index >= 15 is 0 Å². The Morgan fingerprint density at radius 3 is 2.20 bits per heavy atom. The highest BCUT2D eigenvalue weighted by Crippen LogP contribution is 2.37. The molecule has 0 unspecified atom stereocenters. The van der Waals surface area contributed by atoms with Crippen LogP contribution in [0.2, 0.25) is 10.0 Å². The molecular weight excluding hydrogens is 423 g/mol. The molecule has 0 radical (unpaired) electrons. The molecule has 0 atom stereocenters. The van der Waals surface area contributed by atoms with Gasteiger partial charge >= 0.3 is 0 Å². The van der Waals surface area contributed by atoms with Crippen LogP contribution in [0.4, 0.5) is 0 Å². The first-order chi connectivity index (χ1) is 9.61. The third-order valence-electron chi connectivity index (χ3n) is 3.39. The second kappa shape index (κ2) is 7.31. The number of rotatable bonds is 5. The van der Waals surface area contributed by atoms with E-state index in [0.717, 1.165) is 32.7 Å². The second-order valence-electron chi connectivity index (χ2n) is 4.83. The van der Waals surface area contributed by atoms with E-state index in [1.165, 1.54) is 5.56 Å². The van der Waals surface area contributed by atoms with Gasteiger partial charge < -0.3 is 0 Å². The van der Waals surface area contributed by atoms with Crippen LogP contribution < -0.4 is 0 Å². The molecule has 2 aromatic carbocycles. The lowest BCUT2D eigenvalue weighted by molar-refractivity contribution is 0.551. The Labute approximate surface area is 146 Å². The second-order valence-corrected chi connectivity index (χ2v) is 6.80. The van der Waals surface area contributed by atoms with Crippen LogP contribution in [0.25, 0.3) is 0 Å². The monoisotopic (exact) mass is 434 g/mol. The smallest absolute Gasteiger partial charge is 0.0444 e. The molecule has 0 bridgehead atoms. The number of alkyl halides is 2. The first kappa shape index (κ1) is 16.4. The van der Waals surface area contributed by atoms with Gasteiger partial charge in [0, 0.05) is 26.1 Å². The lowest BCUT2D eigenvalue weighted by Gasteiger charge is -2.32. The zero-order chi connectivity index (χ0) is 14.6. The van der Waals surface area contributed by atoms with Gasteiger partial charge in [-0.15, -0.1) is 0 Å². The van der Waals surface area contributed by atoms with E-state index in [9.17, 15) is 0 Å². The highest BCUT2D eigenvalue weighted by atomic mass is 79.9. The minimum atomic E-state index is -0.0942. The van der Waals surface area contributed by atoms with E-state index < -0.39 is 0 Å². The highest BCUT2D eigenvalue weighted by molar-refractivity contribution is 9.09. The van der Waals surface area contributed by atoms with Crippen molar-refractivity contribution in [2.24, 2.45) is 0 Å². The SMILES string of the molecule is Clc1cccc(CC(CBr)(CBr)c2ccccc2Cl)c1. The molecule has 0 fully saturated rings. The Morgan fingerprint density at radius 2 is 1.60 bits per heavy atom. The lowest BCUT2D eigenvalue weighted by atomic mass is 9.79. The summed E-state index contributed by atoms with van der Waals surface area (Å²) >= 11 is 19.8. The van der Waals surface area contributed by atoms with Crippen molar-refractivity contribution in [3.8, 4) is 0 Å². The molecule has 0 nitrogen and oxygen atoms in total. The van der Waals surface area contributed by atoms with Crippen LogP contribution in [0.1, 0.15) is 11.1 Å². The van der Waals surface area contributed by atoms with Crippen molar-refractivity contribution in [2.75, 3.05) is 10.7 Å². The molecule has 0 heterocycles. The van der Waals surface area contributed by atoms with Gasteiger partial charge in [-0.2, -0.15) is 0 Å². The van der Waals surface area contributed by atoms with Gasteiger partial charge in [-0.05, 0) is 35.7 Å². The summed E-state index contributed by atoms with van der Waals surface area (Å²) in [5.74, 6) is 0. The van der Waals surface area contributed by atoms with E-state index in [1.54, 1.807) is 0 Å². The third-order valence-corrected chi connectivity index (χ3v) is 6.10. The number of hydrogen-bond acceptors (Lipinski definition) is 0. The van der Waals surface area contributed by atoms with Crippen molar-refractivity contribution >= 4 is 55.1 Å². The fourth-order valence-electron chi connectivity index (χ4n) is 2.30. The van der Waals surface area contributed by atoms with Crippen LogP contribution in [-0.4, -0.2) is 10.7 Å². The molecule has 106 valence electrons. The van der Waals surface area contributed by atoms with Gasteiger partial charge in [0.25, 0.3) is 0 Å². The minimum Gasteiger partial charge on any atom is -0.0918 e. The van der Waals surface area contributed by atoms with Gasteiger partial charge in [0.15, 0.2) is 0 Å². The molecule has 0 amide bonds. The van der Waals surface area contributed by atoms with Crippen molar-refractivity contribution in [1.29, 1.82) is 0 Å². The van der Waals surface area contributed by atoms with Crippen LogP contribution in [0, 0.1) is 0 Å². The summed E-state index contributed by atoms with van der Waals surface area (Å²) in [6, 6.07) is 16.0. The predicted octanol–water partition coefficient (Wildman–Crippen LogP) is 6.26. The van der Waals surface area contributed by atoms with Crippen LogP contribution in [0.3, 0.4) is 0 Å². The van der Waals surface area contributed by atoms with Crippen LogP contribution in [0.15, 0.2) is 48.5 Å². The highest BCUT2D eigenvalue weighted by Gasteiger charge is 2.32. The topological polar surface area (TPSA) is 0 Å². The molecule has 0 aliphatic rings. The standard InChI is InChI=1S/C16H14Br2Cl2/c17-10-16(11-18,14-6-1-2-7-15(14)20)9-12-4-3-5-13(19)8-12/h1-8H,9-11H2. The van der Waals surface area contributed by atoms with Crippen molar-refractivity contribution in [3.05, 3.63) is 69.7 Å². The maximum Gasteiger partial charge on any atom is 0.0444 e. The van der Waals surface area contributed by atoms with Crippen molar-refractivity contribution in [2.45, 2.75) is 11.8 Å². The van der Waals surface area contributed by atoms with Crippen molar-refractivity contribution in [1.82, 2.24) is 0 Å². The Kier molecular flexibility index (Phi) is 5.97. The summed E-state index contributed by atoms with van der Waals surface area (Å²) in [5.41, 5.74) is 2.26. The van der Waals surface area contributed by atoms with Crippen molar-refractivity contribution in [3.63, 3.8) is 0 Å². The van der Waals surface area contributed by atoms with E-state index in [-0.39, 0.29) is 5.41 Å². The van der Waals surface area contributed by atoms with E-state index in [4.69, 9.17) is 23.2 Å². The van der Waals surface area contributed by atoms with Gasteiger partial charge in [0.05, 0.1) is 0 Å². The van der Waals surface area contributed by atoms with Gasteiger partial charge in [-0.1, -0.05) is 85.4 Å². The summed E-state index contributed by atoms with van der Waals surface area (Å²) in [4.78, 5) is 0. The molecule has 0 aliphatic carbocycles. The first-order valence-corrected chi connectivity index (χ1v) is 9.22. The number of halogens is 4. The van der Waals surface area contributed by atoms with E-state index in [2.05, 4.69) is 44.0 Å². The number of benzene rings is 2. The van der Waals surface area contributed by atoms with Crippen LogP contribution in [-0.2, 0) is 11.8 Å². The summed E-state index contributed by atoms with van der Waals surface area (Å²) in [6.07, 6.45) is 0.869. The van der Waals surface area contributed by atoms with Gasteiger partial charge in [-0.3, -0.25) is 0 Å². The fourth-order valence-corrected chi connectivity index (χ4v) is 4.78. The molecule has 2 rings (SSSR count). The summed E-state index contributed by atoms with van der Waals surface area (Å²) in [6.45, 7) is 0. The average Bonchev–Trinajstić information content (AvgIpc) is 2.46. The van der Waals surface area contributed by atoms with Crippen LogP contribution in [0.5, 0.6) is 0 Å². The molecule has 4 heteroatoms. The molecule has 0 saturated heterocycles. The molecule has 2 aromatic rings. The molecule has 0 aliphatic heterocycles. The maximum absolute atomic E-state index is 6.40. The summed E-state index contributed by atoms with van der Waals surface area (Å²) in [7, 11) is 0. The molecule has 20 heavy (non-hydrogen) atoms. The molecular formula is C16H14Br2Cl2. The van der Waals surface area contributed by atoms with Gasteiger partial charge in [0.2, 0.25) is 0 Å². The molecule has 0 spiro atoms. The Morgan fingerprint density at radius 1 is 0.900 bits per heavy atom. The Balaban J connectivity index is 2.42. The zero-order valence-corrected chi connectivity index (χ0v) is 15.4. The molecule has 0 aromatic heterocycles. The van der Waals surface area contributed by atoms with Gasteiger partial charge in [-0.25, -0.2) is 0 Å². The zero-order valence-electron chi connectivity index (χ0n) is 10.8. The van der Waals surface area contributed by atoms with E-state index in [0.29, 0.717) is 0 Å².